The highest BCUT2D eigenvalue weighted by Gasteiger charge is 2.18. The van der Waals surface area contributed by atoms with Crippen molar-refractivity contribution in [3.8, 4) is 11.3 Å². The fraction of sp³-hybridized carbons (Fsp3) is 0.100. The summed E-state index contributed by atoms with van der Waals surface area (Å²) in [7, 11) is 1.96. The van der Waals surface area contributed by atoms with Gasteiger partial charge in [-0.15, -0.1) is 0 Å². The monoisotopic (exact) mass is 489 g/mol. The fourth-order valence-corrected chi connectivity index (χ4v) is 4.70. The molecule has 0 unspecified atom stereocenters. The number of benzene rings is 3. The summed E-state index contributed by atoms with van der Waals surface area (Å²) in [4.78, 5) is 22.8. The largest absolute Gasteiger partial charge is 0.331 e. The molecule has 6 aromatic rings. The summed E-state index contributed by atoms with van der Waals surface area (Å²) >= 11 is 0. The van der Waals surface area contributed by atoms with E-state index in [2.05, 4.69) is 15.3 Å². The number of fused-ring (bicyclic) bond motifs is 2. The van der Waals surface area contributed by atoms with Crippen LogP contribution in [0, 0.1) is 12.7 Å². The number of amides is 1. The Morgan fingerprint density at radius 2 is 1.78 bits per heavy atom. The third-order valence-electron chi connectivity index (χ3n) is 6.68. The molecule has 0 bridgehead atoms. The van der Waals surface area contributed by atoms with E-state index in [4.69, 9.17) is 0 Å². The molecule has 1 amide bonds. The first-order chi connectivity index (χ1) is 18.0. The van der Waals surface area contributed by atoms with Crippen LogP contribution in [0.15, 0.2) is 91.1 Å². The Hall–Kier alpha value is -4.78. The van der Waals surface area contributed by atoms with Gasteiger partial charge in [-0.25, -0.2) is 9.37 Å². The number of pyridine rings is 1. The van der Waals surface area contributed by atoms with Crippen LogP contribution in [-0.4, -0.2) is 25.0 Å². The van der Waals surface area contributed by atoms with Gasteiger partial charge in [0.05, 0.1) is 28.4 Å². The number of aromatic nitrogens is 4. The van der Waals surface area contributed by atoms with Gasteiger partial charge in [-0.3, -0.25) is 9.78 Å². The van der Waals surface area contributed by atoms with Crippen molar-refractivity contribution in [2.45, 2.75) is 13.5 Å². The minimum absolute atomic E-state index is 0.263. The Bertz CT molecular complexity index is 1790. The normalized spacial score (nSPS) is 11.3. The maximum absolute atomic E-state index is 13.9. The first-order valence-electron chi connectivity index (χ1n) is 12.0. The Morgan fingerprint density at radius 1 is 0.946 bits per heavy atom. The van der Waals surface area contributed by atoms with Crippen LogP contribution in [0.1, 0.15) is 21.9 Å². The van der Waals surface area contributed by atoms with Crippen LogP contribution in [0.5, 0.6) is 0 Å². The number of imidazole rings is 1. The highest BCUT2D eigenvalue weighted by Crippen LogP contribution is 2.27. The first-order valence-corrected chi connectivity index (χ1v) is 12.0. The molecule has 182 valence electrons. The summed E-state index contributed by atoms with van der Waals surface area (Å²) in [6.45, 7) is 2.27. The van der Waals surface area contributed by atoms with Gasteiger partial charge >= 0.3 is 0 Å². The SMILES string of the molecule is Cc1nc2cc(NC(=O)c3cc4cc(-c5ccccc5)ncc4n3Cc3cccc(F)c3)ccc2n1C. The van der Waals surface area contributed by atoms with Crippen LogP contribution in [0.3, 0.4) is 0 Å². The quantitative estimate of drug-likeness (QED) is 0.307. The second kappa shape index (κ2) is 9.02. The zero-order valence-electron chi connectivity index (χ0n) is 20.4. The number of nitrogens with one attached hydrogen (secondary N) is 1. The molecule has 3 aromatic heterocycles. The highest BCUT2D eigenvalue weighted by molar-refractivity contribution is 6.07. The van der Waals surface area contributed by atoms with Crippen molar-refractivity contribution in [2.24, 2.45) is 7.05 Å². The molecule has 0 spiro atoms. The maximum Gasteiger partial charge on any atom is 0.272 e. The van der Waals surface area contributed by atoms with Gasteiger partial charge in [-0.2, -0.15) is 0 Å². The third-order valence-corrected chi connectivity index (χ3v) is 6.68. The molecule has 3 aromatic carbocycles. The fourth-order valence-electron chi connectivity index (χ4n) is 4.70. The zero-order chi connectivity index (χ0) is 25.5. The summed E-state index contributed by atoms with van der Waals surface area (Å²) in [6, 6.07) is 25.8. The molecule has 6 nitrogen and oxygen atoms in total. The van der Waals surface area contributed by atoms with Crippen LogP contribution in [0.25, 0.3) is 33.2 Å². The molecule has 0 saturated heterocycles. The zero-order valence-corrected chi connectivity index (χ0v) is 20.4. The smallest absolute Gasteiger partial charge is 0.272 e. The number of hydrogen-bond acceptors (Lipinski definition) is 3. The molecular weight excluding hydrogens is 465 g/mol. The number of halogens is 1. The second-order valence-corrected chi connectivity index (χ2v) is 9.12. The van der Waals surface area contributed by atoms with E-state index in [9.17, 15) is 9.18 Å². The van der Waals surface area contributed by atoms with Crippen LogP contribution >= 0.6 is 0 Å². The molecule has 0 atom stereocenters. The van der Waals surface area contributed by atoms with Crippen LogP contribution in [-0.2, 0) is 13.6 Å². The molecule has 7 heteroatoms. The van der Waals surface area contributed by atoms with Crippen molar-refractivity contribution in [1.82, 2.24) is 19.1 Å². The Labute approximate surface area is 213 Å². The Morgan fingerprint density at radius 3 is 2.59 bits per heavy atom. The maximum atomic E-state index is 13.9. The van der Waals surface area contributed by atoms with E-state index in [1.165, 1.54) is 12.1 Å². The van der Waals surface area contributed by atoms with Gasteiger partial charge in [0.25, 0.3) is 5.91 Å². The summed E-state index contributed by atoms with van der Waals surface area (Å²) in [6.07, 6.45) is 1.77. The lowest BCUT2D eigenvalue weighted by Crippen LogP contribution is -2.17. The van der Waals surface area contributed by atoms with Gasteiger partial charge < -0.3 is 14.5 Å². The first kappa shape index (κ1) is 22.7. The molecular formula is C30H24FN5O. The molecule has 0 aliphatic rings. The molecule has 0 aliphatic carbocycles. The lowest BCUT2D eigenvalue weighted by Gasteiger charge is -2.12. The van der Waals surface area contributed by atoms with Gasteiger partial charge in [-0.1, -0.05) is 42.5 Å². The van der Waals surface area contributed by atoms with Crippen molar-refractivity contribution in [3.63, 3.8) is 0 Å². The predicted octanol–water partition coefficient (Wildman–Crippen LogP) is 6.34. The van der Waals surface area contributed by atoms with Crippen molar-refractivity contribution < 1.29 is 9.18 Å². The third kappa shape index (κ3) is 4.25. The summed E-state index contributed by atoms with van der Waals surface area (Å²) in [5, 5.41) is 3.90. The van der Waals surface area contributed by atoms with E-state index < -0.39 is 0 Å². The second-order valence-electron chi connectivity index (χ2n) is 9.12. The van der Waals surface area contributed by atoms with Gasteiger partial charge in [0.1, 0.15) is 17.3 Å². The van der Waals surface area contributed by atoms with E-state index in [0.717, 1.165) is 44.6 Å². The van der Waals surface area contributed by atoms with Crippen molar-refractivity contribution in [2.75, 3.05) is 5.32 Å². The Balaban J connectivity index is 1.42. The van der Waals surface area contributed by atoms with E-state index in [1.807, 2.05) is 89.8 Å². The van der Waals surface area contributed by atoms with Crippen molar-refractivity contribution >= 4 is 33.5 Å². The number of aryl methyl sites for hydroxylation is 2. The van der Waals surface area contributed by atoms with Crippen molar-refractivity contribution in [3.05, 3.63) is 114 Å². The van der Waals surface area contributed by atoms with Crippen LogP contribution in [0.2, 0.25) is 0 Å². The molecule has 37 heavy (non-hydrogen) atoms. The minimum Gasteiger partial charge on any atom is -0.331 e. The molecule has 0 radical (unpaired) electrons. The number of carbonyl (C=O) groups excluding carboxylic acids is 1. The van der Waals surface area contributed by atoms with Gasteiger partial charge in [-0.05, 0) is 55.0 Å². The van der Waals surface area contributed by atoms with E-state index in [0.29, 0.717) is 17.9 Å². The number of nitrogens with zero attached hydrogens (tertiary/aromatic N) is 4. The molecule has 6 rings (SSSR count). The number of rotatable bonds is 5. The van der Waals surface area contributed by atoms with E-state index in [-0.39, 0.29) is 11.7 Å². The highest BCUT2D eigenvalue weighted by atomic mass is 19.1. The van der Waals surface area contributed by atoms with Gasteiger partial charge in [0.15, 0.2) is 0 Å². The molecule has 3 heterocycles. The van der Waals surface area contributed by atoms with Crippen LogP contribution in [0.4, 0.5) is 10.1 Å². The predicted molar refractivity (Wildman–Crippen MR) is 144 cm³/mol. The number of anilines is 1. The number of carbonyl (C=O) groups is 1. The summed E-state index contributed by atoms with van der Waals surface area (Å²) in [5.74, 6) is 0.319. The van der Waals surface area contributed by atoms with E-state index >= 15 is 0 Å². The Kier molecular flexibility index (Phi) is 5.53. The minimum atomic E-state index is -0.316. The summed E-state index contributed by atoms with van der Waals surface area (Å²) < 4.78 is 17.8. The topological polar surface area (TPSA) is 64.7 Å². The molecule has 0 aliphatic heterocycles. The lowest BCUT2D eigenvalue weighted by molar-refractivity contribution is 0.101. The molecule has 0 fully saturated rings. The van der Waals surface area contributed by atoms with Gasteiger partial charge in [0.2, 0.25) is 0 Å². The van der Waals surface area contributed by atoms with Gasteiger partial charge in [0, 0.05) is 30.2 Å². The van der Waals surface area contributed by atoms with Crippen molar-refractivity contribution in [1.29, 1.82) is 0 Å². The molecule has 1 N–H and O–H groups in total. The number of hydrogen-bond donors (Lipinski definition) is 1. The molecule has 0 saturated carbocycles. The average Bonchev–Trinajstić information content (AvgIpc) is 3.40. The summed E-state index contributed by atoms with van der Waals surface area (Å²) in [5.41, 5.74) is 6.29. The lowest BCUT2D eigenvalue weighted by atomic mass is 10.1. The van der Waals surface area contributed by atoms with Crippen LogP contribution < -0.4 is 5.32 Å². The van der Waals surface area contributed by atoms with E-state index in [1.54, 1.807) is 12.3 Å². The average molecular weight is 490 g/mol. The standard InChI is InChI=1S/C30H24FN5O/c1-19-33-26-16-24(11-12-27(26)35(19)2)34-30(37)28-15-22-14-25(21-8-4-3-5-9-21)32-17-29(22)36(28)18-20-7-6-10-23(31)13-20/h3-17H,18H2,1-2H3,(H,34,37).